The molecule has 19 heavy (non-hydrogen) atoms. The monoisotopic (exact) mass is 294 g/mol. The minimum atomic E-state index is -3.23. The molecular formula is C12H23O6P. The summed E-state index contributed by atoms with van der Waals surface area (Å²) in [5.74, 6) is -0.336. The van der Waals surface area contributed by atoms with Gasteiger partial charge >= 0.3 is 13.6 Å². The van der Waals surface area contributed by atoms with Crippen molar-refractivity contribution in [2.24, 2.45) is 0 Å². The molecule has 0 amide bonds. The van der Waals surface area contributed by atoms with Gasteiger partial charge in [-0.2, -0.15) is 0 Å². The van der Waals surface area contributed by atoms with Crippen molar-refractivity contribution < 1.29 is 27.9 Å². The van der Waals surface area contributed by atoms with Crippen LogP contribution in [0, 0.1) is 0 Å². The highest BCUT2D eigenvalue weighted by Crippen LogP contribution is 2.46. The number of rotatable bonds is 11. The quantitative estimate of drug-likeness (QED) is 0.331. The van der Waals surface area contributed by atoms with E-state index in [2.05, 4.69) is 4.74 Å². The van der Waals surface area contributed by atoms with Gasteiger partial charge in [-0.1, -0.05) is 12.8 Å². The van der Waals surface area contributed by atoms with E-state index < -0.39 is 7.60 Å². The number of carbonyl (C=O) groups is 2. The lowest BCUT2D eigenvalue weighted by Gasteiger charge is -2.12. The minimum Gasteiger partial charge on any atom is -0.469 e. The molecule has 0 spiro atoms. The van der Waals surface area contributed by atoms with E-state index in [0.29, 0.717) is 19.3 Å². The number of Topliss-reactive ketones (excluding diaryl/α,β-unsaturated/α-hetero) is 1. The van der Waals surface area contributed by atoms with Crippen molar-refractivity contribution >= 4 is 19.3 Å². The molecule has 112 valence electrons. The van der Waals surface area contributed by atoms with Crippen LogP contribution in [0.2, 0.25) is 0 Å². The first kappa shape index (κ1) is 18.3. The highest BCUT2D eigenvalue weighted by Gasteiger charge is 2.24. The van der Waals surface area contributed by atoms with E-state index in [1.54, 1.807) is 0 Å². The van der Waals surface area contributed by atoms with Gasteiger partial charge < -0.3 is 13.8 Å². The third-order valence-corrected chi connectivity index (χ3v) is 4.59. The molecule has 0 heterocycles. The maximum Gasteiger partial charge on any atom is 0.337 e. The zero-order valence-electron chi connectivity index (χ0n) is 11.8. The second-order valence-electron chi connectivity index (χ2n) is 4.16. The summed E-state index contributed by atoms with van der Waals surface area (Å²) < 4.78 is 25.6. The average molecular weight is 294 g/mol. The predicted octanol–water partition coefficient (Wildman–Crippen LogP) is 2.56. The lowest BCUT2D eigenvalue weighted by molar-refractivity contribution is -0.140. The Labute approximate surface area is 114 Å². The molecule has 0 atom stereocenters. The molecule has 0 aromatic rings. The first-order valence-corrected chi connectivity index (χ1v) is 7.99. The molecule has 7 heteroatoms. The molecule has 0 aliphatic carbocycles. The lowest BCUT2D eigenvalue weighted by Crippen LogP contribution is -2.07. The van der Waals surface area contributed by atoms with Crippen molar-refractivity contribution in [3.8, 4) is 0 Å². The van der Waals surface area contributed by atoms with Crippen LogP contribution in [-0.2, 0) is 27.9 Å². The molecule has 0 unspecified atom stereocenters. The van der Waals surface area contributed by atoms with Gasteiger partial charge in [-0.3, -0.25) is 14.2 Å². The van der Waals surface area contributed by atoms with Crippen LogP contribution in [0.3, 0.4) is 0 Å². The van der Waals surface area contributed by atoms with Crippen molar-refractivity contribution in [3.05, 3.63) is 0 Å². The Morgan fingerprint density at radius 2 is 1.42 bits per heavy atom. The largest absolute Gasteiger partial charge is 0.469 e. The number of ketones is 1. The Hall–Kier alpha value is -0.710. The molecule has 0 saturated heterocycles. The molecule has 0 aliphatic rings. The number of esters is 1. The molecule has 0 rings (SSSR count). The Balaban J connectivity index is 3.64. The fourth-order valence-corrected chi connectivity index (χ4v) is 2.54. The number of carbonyl (C=O) groups excluding carboxylic acids is 2. The van der Waals surface area contributed by atoms with E-state index in [0.717, 1.165) is 19.3 Å². The van der Waals surface area contributed by atoms with E-state index in [1.165, 1.54) is 21.3 Å². The van der Waals surface area contributed by atoms with E-state index in [1.807, 2.05) is 0 Å². The third-order valence-electron chi connectivity index (χ3n) is 2.74. The minimum absolute atomic E-state index is 0.125. The van der Waals surface area contributed by atoms with E-state index in [4.69, 9.17) is 9.05 Å². The number of hydrogen-bond acceptors (Lipinski definition) is 6. The van der Waals surface area contributed by atoms with Gasteiger partial charge in [0, 0.05) is 27.1 Å². The molecular weight excluding hydrogens is 271 g/mol. The zero-order valence-corrected chi connectivity index (χ0v) is 12.7. The van der Waals surface area contributed by atoms with Gasteiger partial charge in [-0.05, 0) is 12.8 Å². The average Bonchev–Trinajstić information content (AvgIpc) is 2.42. The summed E-state index contributed by atoms with van der Waals surface area (Å²) in [7, 11) is 0.676. The topological polar surface area (TPSA) is 78.9 Å². The SMILES string of the molecule is COC(=O)CCCCCCC(=O)CP(=O)(OC)OC. The summed E-state index contributed by atoms with van der Waals surface area (Å²) in [6, 6.07) is 0. The van der Waals surface area contributed by atoms with E-state index in [-0.39, 0.29) is 17.9 Å². The van der Waals surface area contributed by atoms with Crippen LogP contribution in [0.1, 0.15) is 38.5 Å². The summed E-state index contributed by atoms with van der Waals surface area (Å²) in [6.07, 6.45) is 3.79. The Bertz CT molecular complexity index is 320. The maximum absolute atomic E-state index is 11.7. The summed E-state index contributed by atoms with van der Waals surface area (Å²) in [5.41, 5.74) is 0. The second-order valence-corrected chi connectivity index (χ2v) is 6.43. The van der Waals surface area contributed by atoms with E-state index >= 15 is 0 Å². The molecule has 0 bridgehead atoms. The first-order valence-electron chi connectivity index (χ1n) is 6.26. The predicted molar refractivity (Wildman–Crippen MR) is 71.2 cm³/mol. The van der Waals surface area contributed by atoms with E-state index in [9.17, 15) is 14.2 Å². The smallest absolute Gasteiger partial charge is 0.337 e. The normalized spacial score (nSPS) is 11.3. The molecule has 0 saturated carbocycles. The lowest BCUT2D eigenvalue weighted by atomic mass is 10.1. The van der Waals surface area contributed by atoms with Crippen molar-refractivity contribution in [2.75, 3.05) is 27.5 Å². The molecule has 6 nitrogen and oxygen atoms in total. The molecule has 0 aliphatic heterocycles. The molecule has 0 N–H and O–H groups in total. The molecule has 0 aromatic heterocycles. The summed E-state index contributed by atoms with van der Waals surface area (Å²) in [5, 5.41) is 0. The van der Waals surface area contributed by atoms with Gasteiger partial charge in [0.15, 0.2) is 0 Å². The zero-order chi connectivity index (χ0) is 14.7. The molecule has 0 radical (unpaired) electrons. The van der Waals surface area contributed by atoms with Crippen molar-refractivity contribution in [3.63, 3.8) is 0 Å². The standard InChI is InChI=1S/C12H23O6P/c1-16-12(14)9-7-5-4-6-8-11(13)10-19(15,17-2)18-3/h4-10H2,1-3H3. The number of ether oxygens (including phenoxy) is 1. The van der Waals surface area contributed by atoms with Crippen LogP contribution in [0.5, 0.6) is 0 Å². The van der Waals surface area contributed by atoms with Crippen LogP contribution in [0.25, 0.3) is 0 Å². The summed E-state index contributed by atoms with van der Waals surface area (Å²) >= 11 is 0. The van der Waals surface area contributed by atoms with Crippen molar-refractivity contribution in [1.29, 1.82) is 0 Å². The fourth-order valence-electron chi connectivity index (χ4n) is 1.55. The van der Waals surface area contributed by atoms with Gasteiger partial charge in [0.1, 0.15) is 11.9 Å². The highest BCUT2D eigenvalue weighted by atomic mass is 31.2. The molecule has 0 fully saturated rings. The number of unbranched alkanes of at least 4 members (excludes halogenated alkanes) is 3. The van der Waals surface area contributed by atoms with Gasteiger partial charge in [0.25, 0.3) is 0 Å². The summed E-state index contributed by atoms with van der Waals surface area (Å²) in [6.45, 7) is 0. The Morgan fingerprint density at radius 3 is 1.89 bits per heavy atom. The number of methoxy groups -OCH3 is 1. The van der Waals surface area contributed by atoms with Crippen molar-refractivity contribution in [1.82, 2.24) is 0 Å². The van der Waals surface area contributed by atoms with Crippen LogP contribution in [-0.4, -0.2) is 39.2 Å². The van der Waals surface area contributed by atoms with Crippen LogP contribution >= 0.6 is 7.60 Å². The van der Waals surface area contributed by atoms with Crippen LogP contribution < -0.4 is 0 Å². The summed E-state index contributed by atoms with van der Waals surface area (Å²) in [4.78, 5) is 22.4. The molecule has 0 aromatic carbocycles. The van der Waals surface area contributed by atoms with Crippen LogP contribution in [0.15, 0.2) is 0 Å². The van der Waals surface area contributed by atoms with Crippen LogP contribution in [0.4, 0.5) is 0 Å². The van der Waals surface area contributed by atoms with Gasteiger partial charge in [0.2, 0.25) is 0 Å². The fraction of sp³-hybridized carbons (Fsp3) is 0.833. The third kappa shape index (κ3) is 8.92. The number of hydrogen-bond donors (Lipinski definition) is 0. The van der Waals surface area contributed by atoms with Gasteiger partial charge in [0.05, 0.1) is 7.11 Å². The Kier molecular flexibility index (Phi) is 9.74. The first-order chi connectivity index (χ1) is 8.97. The highest BCUT2D eigenvalue weighted by molar-refractivity contribution is 7.54. The van der Waals surface area contributed by atoms with Gasteiger partial charge in [-0.25, -0.2) is 0 Å². The van der Waals surface area contributed by atoms with Gasteiger partial charge in [-0.15, -0.1) is 0 Å². The van der Waals surface area contributed by atoms with Crippen molar-refractivity contribution in [2.45, 2.75) is 38.5 Å². The second kappa shape index (κ2) is 10.1. The maximum atomic E-state index is 11.7. The Morgan fingerprint density at radius 1 is 0.895 bits per heavy atom.